The molecule has 0 radical (unpaired) electrons. The molecule has 0 fully saturated rings. The number of hydrogen-bond acceptors (Lipinski definition) is 3. The lowest BCUT2D eigenvalue weighted by Gasteiger charge is -2.01. The van der Waals surface area contributed by atoms with Gasteiger partial charge < -0.3 is 0 Å². The third-order valence-electron chi connectivity index (χ3n) is 1.90. The first-order chi connectivity index (χ1) is 7.18. The quantitative estimate of drug-likeness (QED) is 0.486. The van der Waals surface area contributed by atoms with E-state index in [4.69, 9.17) is 0 Å². The third kappa shape index (κ3) is 1.99. The molecule has 2 rings (SSSR count). The molecular weight excluding hydrogens is 309 g/mol. The Kier molecular flexibility index (Phi) is 2.67. The fraction of sp³-hybridized carbons (Fsp3) is 0. The number of benzene rings is 1. The van der Waals surface area contributed by atoms with Crippen LogP contribution in [0.25, 0.3) is 5.69 Å². The van der Waals surface area contributed by atoms with Gasteiger partial charge in [0.05, 0.1) is 16.8 Å². The minimum atomic E-state index is -0.419. The van der Waals surface area contributed by atoms with Crippen molar-refractivity contribution in [3.05, 3.63) is 50.3 Å². The van der Waals surface area contributed by atoms with Crippen LogP contribution in [0.5, 0.6) is 0 Å². The summed E-state index contributed by atoms with van der Waals surface area (Å²) in [5.74, 6) is 0. The average Bonchev–Trinajstić information content (AvgIpc) is 2.65. The van der Waals surface area contributed by atoms with Gasteiger partial charge in [-0.25, -0.2) is 4.68 Å². The summed E-state index contributed by atoms with van der Waals surface area (Å²) in [6.45, 7) is 0. The van der Waals surface area contributed by atoms with E-state index >= 15 is 0 Å². The Balaban J connectivity index is 2.40. The predicted octanol–water partition coefficient (Wildman–Crippen LogP) is 2.39. The molecule has 0 atom stereocenters. The lowest BCUT2D eigenvalue weighted by molar-refractivity contribution is -0.384. The van der Waals surface area contributed by atoms with E-state index in [1.807, 2.05) is 6.07 Å². The highest BCUT2D eigenvalue weighted by Crippen LogP contribution is 2.16. The van der Waals surface area contributed by atoms with Crippen molar-refractivity contribution in [2.75, 3.05) is 0 Å². The lowest BCUT2D eigenvalue weighted by Crippen LogP contribution is -1.98. The molecule has 0 N–H and O–H groups in total. The molecule has 0 aliphatic carbocycles. The highest BCUT2D eigenvalue weighted by atomic mass is 127. The van der Waals surface area contributed by atoms with Gasteiger partial charge in [-0.05, 0) is 40.8 Å². The monoisotopic (exact) mass is 315 g/mol. The van der Waals surface area contributed by atoms with Gasteiger partial charge in [0.1, 0.15) is 3.70 Å². The van der Waals surface area contributed by atoms with Crippen molar-refractivity contribution in [2.24, 2.45) is 0 Å². The molecule has 15 heavy (non-hydrogen) atoms. The predicted molar refractivity (Wildman–Crippen MR) is 62.9 cm³/mol. The van der Waals surface area contributed by atoms with E-state index in [-0.39, 0.29) is 5.69 Å². The van der Waals surface area contributed by atoms with Crippen molar-refractivity contribution in [1.29, 1.82) is 0 Å². The van der Waals surface area contributed by atoms with Gasteiger partial charge in [-0.15, -0.1) is 0 Å². The third-order valence-corrected chi connectivity index (χ3v) is 2.72. The first kappa shape index (κ1) is 10.1. The molecule has 0 bridgehead atoms. The van der Waals surface area contributed by atoms with Crippen molar-refractivity contribution in [1.82, 2.24) is 9.78 Å². The van der Waals surface area contributed by atoms with Gasteiger partial charge in [-0.2, -0.15) is 5.10 Å². The molecular formula is C9H6IN3O2. The van der Waals surface area contributed by atoms with Crippen LogP contribution in [0.2, 0.25) is 0 Å². The van der Waals surface area contributed by atoms with E-state index in [0.29, 0.717) is 0 Å². The second kappa shape index (κ2) is 3.97. The molecule has 0 saturated carbocycles. The summed E-state index contributed by atoms with van der Waals surface area (Å²) in [6.07, 6.45) is 1.68. The molecule has 6 heteroatoms. The average molecular weight is 315 g/mol. The smallest absolute Gasteiger partial charge is 0.258 e. The molecule has 1 aromatic heterocycles. The van der Waals surface area contributed by atoms with Gasteiger partial charge in [0.15, 0.2) is 0 Å². The molecule has 1 aromatic carbocycles. The van der Waals surface area contributed by atoms with E-state index in [2.05, 4.69) is 27.7 Å². The van der Waals surface area contributed by atoms with Crippen LogP contribution in [0.4, 0.5) is 5.69 Å². The summed E-state index contributed by atoms with van der Waals surface area (Å²) in [5.41, 5.74) is 0.899. The largest absolute Gasteiger partial charge is 0.269 e. The zero-order valence-corrected chi connectivity index (χ0v) is 9.66. The summed E-state index contributed by atoms with van der Waals surface area (Å²) in [6, 6.07) is 8.14. The summed E-state index contributed by atoms with van der Waals surface area (Å²) in [4.78, 5) is 10.0. The Morgan fingerprint density at radius 2 is 1.93 bits per heavy atom. The van der Waals surface area contributed by atoms with Crippen LogP contribution in [-0.2, 0) is 0 Å². The number of rotatable bonds is 2. The SMILES string of the molecule is O=[N+]([O-])c1ccc(-n2nccc2I)cc1. The number of nitro benzene ring substituents is 1. The van der Waals surface area contributed by atoms with Gasteiger partial charge in [0.25, 0.3) is 5.69 Å². The minimum absolute atomic E-state index is 0.0842. The molecule has 1 heterocycles. The Hall–Kier alpha value is -1.44. The summed E-state index contributed by atoms with van der Waals surface area (Å²) < 4.78 is 2.67. The number of hydrogen-bond donors (Lipinski definition) is 0. The Bertz CT molecular complexity index is 492. The van der Waals surface area contributed by atoms with Crippen molar-refractivity contribution >= 4 is 28.3 Å². The van der Waals surface area contributed by atoms with Gasteiger partial charge in [-0.1, -0.05) is 0 Å². The van der Waals surface area contributed by atoms with E-state index in [0.717, 1.165) is 9.39 Å². The van der Waals surface area contributed by atoms with Crippen LogP contribution in [0.3, 0.4) is 0 Å². The highest BCUT2D eigenvalue weighted by Gasteiger charge is 2.06. The molecule has 0 aliphatic heterocycles. The lowest BCUT2D eigenvalue weighted by atomic mass is 10.3. The van der Waals surface area contributed by atoms with E-state index in [1.54, 1.807) is 23.0 Å². The number of nitro groups is 1. The van der Waals surface area contributed by atoms with E-state index < -0.39 is 4.92 Å². The first-order valence-electron chi connectivity index (χ1n) is 4.13. The standard InChI is InChI=1S/C9H6IN3O2/c10-9-5-6-11-12(9)7-1-3-8(4-2-7)13(14)15/h1-6H. The topological polar surface area (TPSA) is 61.0 Å². The molecule has 0 unspecified atom stereocenters. The fourth-order valence-electron chi connectivity index (χ4n) is 1.19. The van der Waals surface area contributed by atoms with Crippen molar-refractivity contribution < 1.29 is 4.92 Å². The Morgan fingerprint density at radius 1 is 1.27 bits per heavy atom. The van der Waals surface area contributed by atoms with E-state index in [1.165, 1.54) is 12.1 Å². The van der Waals surface area contributed by atoms with Crippen LogP contribution in [0, 0.1) is 13.8 Å². The van der Waals surface area contributed by atoms with Gasteiger partial charge in [-0.3, -0.25) is 10.1 Å². The second-order valence-electron chi connectivity index (χ2n) is 2.84. The van der Waals surface area contributed by atoms with Gasteiger partial charge >= 0.3 is 0 Å². The van der Waals surface area contributed by atoms with Crippen LogP contribution >= 0.6 is 22.6 Å². The first-order valence-corrected chi connectivity index (χ1v) is 5.21. The Morgan fingerprint density at radius 3 is 2.40 bits per heavy atom. The zero-order valence-electron chi connectivity index (χ0n) is 7.50. The van der Waals surface area contributed by atoms with Crippen LogP contribution in [0.1, 0.15) is 0 Å². The van der Waals surface area contributed by atoms with Crippen molar-refractivity contribution in [3.63, 3.8) is 0 Å². The maximum atomic E-state index is 10.4. The van der Waals surface area contributed by atoms with Crippen LogP contribution in [-0.4, -0.2) is 14.7 Å². The molecule has 2 aromatic rings. The maximum Gasteiger partial charge on any atom is 0.269 e. The molecule has 5 nitrogen and oxygen atoms in total. The normalized spacial score (nSPS) is 10.2. The number of nitrogens with zero attached hydrogens (tertiary/aromatic N) is 3. The van der Waals surface area contributed by atoms with Crippen LogP contribution < -0.4 is 0 Å². The molecule has 0 spiro atoms. The number of aromatic nitrogens is 2. The van der Waals surface area contributed by atoms with Gasteiger partial charge in [0, 0.05) is 12.1 Å². The summed E-state index contributed by atoms with van der Waals surface area (Å²) in [7, 11) is 0. The second-order valence-corrected chi connectivity index (χ2v) is 3.94. The van der Waals surface area contributed by atoms with Crippen molar-refractivity contribution in [2.45, 2.75) is 0 Å². The van der Waals surface area contributed by atoms with Crippen molar-refractivity contribution in [3.8, 4) is 5.69 Å². The molecule has 0 saturated heterocycles. The number of non-ortho nitro benzene ring substituents is 1. The van der Waals surface area contributed by atoms with Gasteiger partial charge in [0.2, 0.25) is 0 Å². The Labute approximate surface area is 99.0 Å². The molecule has 0 amide bonds. The summed E-state index contributed by atoms with van der Waals surface area (Å²) >= 11 is 2.15. The van der Waals surface area contributed by atoms with Crippen LogP contribution in [0.15, 0.2) is 36.5 Å². The summed E-state index contributed by atoms with van der Waals surface area (Å²) in [5, 5.41) is 14.5. The van der Waals surface area contributed by atoms with E-state index in [9.17, 15) is 10.1 Å². The number of halogens is 1. The minimum Gasteiger partial charge on any atom is -0.258 e. The zero-order chi connectivity index (χ0) is 10.8. The molecule has 0 aliphatic rings. The fourth-order valence-corrected chi connectivity index (χ4v) is 1.76. The molecule has 76 valence electrons. The highest BCUT2D eigenvalue weighted by molar-refractivity contribution is 14.1. The maximum absolute atomic E-state index is 10.4.